The molecule has 0 spiro atoms. The molecule has 0 amide bonds. The zero-order valence-electron chi connectivity index (χ0n) is 9.00. The van der Waals surface area contributed by atoms with Crippen LogP contribution >= 0.6 is 15.9 Å². The molecule has 0 rings (SSSR count). The Morgan fingerprint density at radius 1 is 1.21 bits per heavy atom. The molecule has 0 saturated carbocycles. The summed E-state index contributed by atoms with van der Waals surface area (Å²) >= 11 is 2.17. The van der Waals surface area contributed by atoms with E-state index in [9.17, 15) is 13.9 Å². The van der Waals surface area contributed by atoms with Crippen molar-refractivity contribution in [3.05, 3.63) is 0 Å². The molecule has 0 heterocycles. The van der Waals surface area contributed by atoms with Gasteiger partial charge in [-0.05, 0) is 56.6 Å². The van der Waals surface area contributed by atoms with Gasteiger partial charge in [0.05, 0.1) is 0 Å². The van der Waals surface area contributed by atoms with E-state index < -0.39 is 10.4 Å². The summed E-state index contributed by atoms with van der Waals surface area (Å²) in [6.45, 7) is 7.28. The van der Waals surface area contributed by atoms with Crippen molar-refractivity contribution < 1.29 is 13.9 Å². The smallest absolute Gasteiger partial charge is 0.329 e. The molecule has 0 aliphatic heterocycles. The van der Waals surface area contributed by atoms with Crippen molar-refractivity contribution in [2.24, 2.45) is 0 Å². The van der Waals surface area contributed by atoms with Gasteiger partial charge in [0.25, 0.3) is 0 Å². The molecular weight excluding hydrogens is 256 g/mol. The fourth-order valence-electron chi connectivity index (χ4n) is 0.823. The quantitative estimate of drug-likeness (QED) is 0.772. The van der Waals surface area contributed by atoms with Crippen LogP contribution < -0.4 is 5.32 Å². The minimum atomic E-state index is -3.25. The highest BCUT2D eigenvalue weighted by Crippen LogP contribution is 2.36. The van der Waals surface area contributed by atoms with Crippen LogP contribution in [0.4, 0.5) is 8.78 Å². The molecule has 0 radical (unpaired) electrons. The normalized spacial score (nSPS) is 18.0. The van der Waals surface area contributed by atoms with Crippen molar-refractivity contribution in [3.63, 3.8) is 0 Å². The molecule has 0 bridgehead atoms. The van der Waals surface area contributed by atoms with E-state index in [4.69, 9.17) is 0 Å². The lowest BCUT2D eigenvalue weighted by Gasteiger charge is -2.30. The number of nitrogens with one attached hydrogen (secondary N) is 1. The summed E-state index contributed by atoms with van der Waals surface area (Å²) in [5, 5.41) is 12.4. The van der Waals surface area contributed by atoms with Crippen molar-refractivity contribution in [2.45, 2.75) is 50.1 Å². The van der Waals surface area contributed by atoms with Gasteiger partial charge in [-0.25, -0.2) is 0 Å². The van der Waals surface area contributed by atoms with Crippen LogP contribution in [0, 0.1) is 0 Å². The molecule has 0 aliphatic rings. The summed E-state index contributed by atoms with van der Waals surface area (Å²) in [6, 6.07) is 0. The molecule has 14 heavy (non-hydrogen) atoms. The van der Waals surface area contributed by atoms with Gasteiger partial charge >= 0.3 is 4.83 Å². The monoisotopic (exact) mass is 273 g/mol. The minimum absolute atomic E-state index is 0.0114. The Kier molecular flexibility index (Phi) is 4.49. The second-order valence-corrected chi connectivity index (χ2v) is 5.69. The Morgan fingerprint density at radius 3 is 1.93 bits per heavy atom. The van der Waals surface area contributed by atoms with Crippen molar-refractivity contribution >= 4 is 15.9 Å². The SMILES string of the molecule is CC(C)(C)NCCC(C)(O)C(F)(F)Br. The van der Waals surface area contributed by atoms with Gasteiger partial charge < -0.3 is 10.4 Å². The number of hydrogen-bond donors (Lipinski definition) is 2. The average Bonchev–Trinajstić information content (AvgIpc) is 1.80. The van der Waals surface area contributed by atoms with Crippen LogP contribution in [0.3, 0.4) is 0 Å². The van der Waals surface area contributed by atoms with Gasteiger partial charge in [0, 0.05) is 5.54 Å². The molecule has 5 heteroatoms. The molecule has 0 saturated heterocycles. The van der Waals surface area contributed by atoms with E-state index in [1.165, 1.54) is 0 Å². The van der Waals surface area contributed by atoms with Gasteiger partial charge in [-0.15, -0.1) is 0 Å². The standard InChI is InChI=1S/C9H18BrF2NO/c1-7(2,3)13-6-5-8(4,14)9(10,11)12/h13-14H,5-6H2,1-4H3. The topological polar surface area (TPSA) is 32.3 Å². The summed E-state index contributed by atoms with van der Waals surface area (Å²) < 4.78 is 25.5. The number of hydrogen-bond acceptors (Lipinski definition) is 2. The van der Waals surface area contributed by atoms with Crippen LogP contribution in [0.15, 0.2) is 0 Å². The largest absolute Gasteiger partial charge is 0.383 e. The van der Waals surface area contributed by atoms with Gasteiger partial charge in [0.2, 0.25) is 0 Å². The average molecular weight is 274 g/mol. The maximum absolute atomic E-state index is 12.8. The lowest BCUT2D eigenvalue weighted by atomic mass is 10.0. The highest BCUT2D eigenvalue weighted by atomic mass is 79.9. The summed E-state index contributed by atoms with van der Waals surface area (Å²) in [4.78, 5) is -3.25. The van der Waals surface area contributed by atoms with E-state index in [-0.39, 0.29) is 12.0 Å². The van der Waals surface area contributed by atoms with Crippen molar-refractivity contribution in [3.8, 4) is 0 Å². The molecule has 2 nitrogen and oxygen atoms in total. The molecule has 1 unspecified atom stereocenters. The highest BCUT2D eigenvalue weighted by molar-refractivity contribution is 9.10. The van der Waals surface area contributed by atoms with E-state index in [0.29, 0.717) is 6.54 Å². The summed E-state index contributed by atoms with van der Waals surface area (Å²) in [6.07, 6.45) is -0.0114. The third kappa shape index (κ3) is 5.22. The van der Waals surface area contributed by atoms with Crippen LogP contribution in [0.5, 0.6) is 0 Å². The molecule has 0 aromatic rings. The van der Waals surface area contributed by atoms with Gasteiger partial charge in [-0.3, -0.25) is 0 Å². The Hall–Kier alpha value is 0.260. The maximum atomic E-state index is 12.8. The molecule has 1 atom stereocenters. The lowest BCUT2D eigenvalue weighted by molar-refractivity contribution is -0.107. The van der Waals surface area contributed by atoms with E-state index >= 15 is 0 Å². The third-order valence-electron chi connectivity index (χ3n) is 1.88. The van der Waals surface area contributed by atoms with Crippen LogP contribution in [-0.2, 0) is 0 Å². The lowest BCUT2D eigenvalue weighted by Crippen LogP contribution is -2.45. The second-order valence-electron chi connectivity index (χ2n) is 4.70. The van der Waals surface area contributed by atoms with Crippen molar-refractivity contribution in [1.82, 2.24) is 5.32 Å². The Morgan fingerprint density at radius 2 is 1.64 bits per heavy atom. The van der Waals surface area contributed by atoms with Crippen molar-refractivity contribution in [2.75, 3.05) is 6.54 Å². The van der Waals surface area contributed by atoms with Crippen molar-refractivity contribution in [1.29, 1.82) is 0 Å². The minimum Gasteiger partial charge on any atom is -0.383 e. The van der Waals surface area contributed by atoms with Crippen LogP contribution in [0.1, 0.15) is 34.1 Å². The van der Waals surface area contributed by atoms with E-state index in [1.54, 1.807) is 0 Å². The fourth-order valence-corrected chi connectivity index (χ4v) is 1.02. The Labute approximate surface area is 92.2 Å². The van der Waals surface area contributed by atoms with Crippen LogP contribution in [-0.4, -0.2) is 27.6 Å². The van der Waals surface area contributed by atoms with Crippen LogP contribution in [0.25, 0.3) is 0 Å². The number of alkyl halides is 3. The predicted octanol–water partition coefficient (Wildman–Crippen LogP) is 2.50. The first-order valence-electron chi connectivity index (χ1n) is 4.50. The first kappa shape index (κ1) is 14.3. The molecule has 0 aromatic carbocycles. The van der Waals surface area contributed by atoms with E-state index in [1.807, 2.05) is 20.8 Å². The number of rotatable bonds is 4. The zero-order valence-corrected chi connectivity index (χ0v) is 10.6. The fraction of sp³-hybridized carbons (Fsp3) is 1.00. The van der Waals surface area contributed by atoms with E-state index in [2.05, 4.69) is 21.2 Å². The molecule has 0 aliphatic carbocycles. The van der Waals surface area contributed by atoms with Gasteiger partial charge in [-0.1, -0.05) is 0 Å². The van der Waals surface area contributed by atoms with Crippen LogP contribution in [0.2, 0.25) is 0 Å². The molecule has 2 N–H and O–H groups in total. The Bertz CT molecular complexity index is 184. The predicted molar refractivity (Wildman–Crippen MR) is 56.9 cm³/mol. The first-order chi connectivity index (χ1) is 5.96. The number of aliphatic hydroxyl groups is 1. The summed E-state index contributed by atoms with van der Waals surface area (Å²) in [7, 11) is 0. The van der Waals surface area contributed by atoms with E-state index in [0.717, 1.165) is 6.92 Å². The number of halogens is 3. The third-order valence-corrected chi connectivity index (χ3v) is 2.73. The van der Waals surface area contributed by atoms with Gasteiger partial charge in [0.15, 0.2) is 0 Å². The second kappa shape index (κ2) is 4.41. The molecule has 86 valence electrons. The Balaban J connectivity index is 4.02. The molecule has 0 fully saturated rings. The summed E-state index contributed by atoms with van der Waals surface area (Å²) in [5.74, 6) is 0. The van der Waals surface area contributed by atoms with Gasteiger partial charge in [-0.2, -0.15) is 8.78 Å². The van der Waals surface area contributed by atoms with Gasteiger partial charge in [0.1, 0.15) is 5.60 Å². The summed E-state index contributed by atoms with van der Waals surface area (Å²) in [5.41, 5.74) is -2.15. The highest BCUT2D eigenvalue weighted by Gasteiger charge is 2.46. The zero-order chi connectivity index (χ0) is 11.6. The first-order valence-corrected chi connectivity index (χ1v) is 5.29. The molecule has 0 aromatic heterocycles. The maximum Gasteiger partial charge on any atom is 0.329 e. The molecular formula is C9H18BrF2NO.